The summed E-state index contributed by atoms with van der Waals surface area (Å²) in [7, 11) is 4.81. The molecule has 39 heavy (non-hydrogen) atoms. The molecule has 0 aromatic heterocycles. The van der Waals surface area contributed by atoms with Crippen LogP contribution in [0.15, 0.2) is 54.7 Å². The Kier molecular flexibility index (Phi) is 23.9. The number of benzene rings is 1. The fourth-order valence-corrected chi connectivity index (χ4v) is 3.07. The van der Waals surface area contributed by atoms with Gasteiger partial charge in [0, 0.05) is 23.2 Å². The van der Waals surface area contributed by atoms with Gasteiger partial charge in [0.05, 0.1) is 20.8 Å². The van der Waals surface area contributed by atoms with Gasteiger partial charge in [-0.15, -0.1) is 0 Å². The summed E-state index contributed by atoms with van der Waals surface area (Å²) in [6.07, 6.45) is 13.9. The maximum absolute atomic E-state index is 12.1. The first kappa shape index (κ1) is 37.6. The molecule has 2 N–H and O–H groups in total. The van der Waals surface area contributed by atoms with E-state index in [-0.39, 0.29) is 17.5 Å². The number of ketones is 2. The first-order valence-electron chi connectivity index (χ1n) is 13.3. The third-order valence-electron chi connectivity index (χ3n) is 5.19. The van der Waals surface area contributed by atoms with Crippen molar-refractivity contribution >= 4 is 29.4 Å². The van der Waals surface area contributed by atoms with Crippen molar-refractivity contribution in [2.75, 3.05) is 33.1 Å². The van der Waals surface area contributed by atoms with Crippen LogP contribution in [0.4, 0.5) is 5.69 Å². The summed E-state index contributed by atoms with van der Waals surface area (Å²) in [5.41, 5.74) is 1.19. The minimum absolute atomic E-state index is 0.178. The van der Waals surface area contributed by atoms with Crippen LogP contribution in [-0.2, 0) is 19.2 Å². The molecule has 0 saturated heterocycles. The number of amides is 1. The van der Waals surface area contributed by atoms with Gasteiger partial charge >= 0.3 is 0 Å². The van der Waals surface area contributed by atoms with E-state index >= 15 is 0 Å². The lowest BCUT2D eigenvalue weighted by molar-refractivity contribution is -0.137. The highest BCUT2D eigenvalue weighted by atomic mass is 16.5. The summed E-state index contributed by atoms with van der Waals surface area (Å²) in [5, 5.41) is 5.33. The van der Waals surface area contributed by atoms with Gasteiger partial charge in [-0.2, -0.15) is 0 Å². The molecular weight excluding hydrogens is 496 g/mol. The van der Waals surface area contributed by atoms with E-state index in [1.54, 1.807) is 51.2 Å². The molecule has 0 spiro atoms. The zero-order valence-electron chi connectivity index (χ0n) is 24.8. The Bertz CT molecular complexity index is 937. The van der Waals surface area contributed by atoms with Gasteiger partial charge in [-0.3, -0.25) is 19.2 Å². The Hall–Kier alpha value is -3.52. The zero-order chi connectivity index (χ0) is 30.1. The van der Waals surface area contributed by atoms with Crippen LogP contribution in [0, 0.1) is 5.92 Å². The molecule has 1 aromatic rings. The molecule has 8 nitrogen and oxygen atoms in total. The van der Waals surface area contributed by atoms with E-state index in [9.17, 15) is 19.2 Å². The fourth-order valence-electron chi connectivity index (χ4n) is 3.07. The summed E-state index contributed by atoms with van der Waals surface area (Å²) < 4.78 is 10.3. The van der Waals surface area contributed by atoms with Crippen molar-refractivity contribution in [2.24, 2.45) is 5.92 Å². The van der Waals surface area contributed by atoms with E-state index in [2.05, 4.69) is 31.1 Å². The summed E-state index contributed by atoms with van der Waals surface area (Å²) in [5.74, 6) is 0.0230. The molecule has 1 aromatic carbocycles. The minimum atomic E-state index is -0.587. The van der Waals surface area contributed by atoms with Gasteiger partial charge in [-0.05, 0) is 38.9 Å². The molecule has 0 heterocycles. The van der Waals surface area contributed by atoms with Crippen molar-refractivity contribution in [1.82, 2.24) is 5.32 Å². The Morgan fingerprint density at radius 2 is 1.72 bits per heavy atom. The number of anilines is 1. The van der Waals surface area contributed by atoms with Gasteiger partial charge in [0.1, 0.15) is 12.1 Å². The molecule has 0 bridgehead atoms. The van der Waals surface area contributed by atoms with Crippen molar-refractivity contribution in [3.63, 3.8) is 0 Å². The number of likely N-dealkylation sites (N-methyl/N-ethyl adjacent to an activating group) is 1. The summed E-state index contributed by atoms with van der Waals surface area (Å²) in [6.45, 7) is 11.6. The molecule has 1 atom stereocenters. The quantitative estimate of drug-likeness (QED) is 0.0879. The SMILES string of the molecule is C=C/C=C(C=O)\C=C/CCC.CCCCCC(C)C(=O)C(=O)Nc1ccc(OC)c(OC)c1.CNCC(C)=O. The van der Waals surface area contributed by atoms with Crippen LogP contribution in [0.1, 0.15) is 66.2 Å². The van der Waals surface area contributed by atoms with Crippen molar-refractivity contribution in [3.05, 3.63) is 54.7 Å². The number of Topliss-reactive ketones (excluding diaryl/α,β-unsaturated/α-hetero) is 2. The van der Waals surface area contributed by atoms with Gasteiger partial charge in [0.2, 0.25) is 5.78 Å². The number of nitrogens with one attached hydrogen (secondary N) is 2. The van der Waals surface area contributed by atoms with Gasteiger partial charge in [0.15, 0.2) is 11.5 Å². The number of aldehydes is 1. The topological polar surface area (TPSA) is 111 Å². The van der Waals surface area contributed by atoms with E-state index in [0.29, 0.717) is 29.3 Å². The Labute approximate surface area is 234 Å². The lowest BCUT2D eigenvalue weighted by atomic mass is 9.98. The molecule has 0 aliphatic heterocycles. The second-order valence-electron chi connectivity index (χ2n) is 8.73. The van der Waals surface area contributed by atoms with Crippen molar-refractivity contribution < 1.29 is 28.7 Å². The molecule has 218 valence electrons. The molecule has 8 heteroatoms. The highest BCUT2D eigenvalue weighted by molar-refractivity contribution is 6.41. The second kappa shape index (κ2) is 24.8. The molecule has 0 aliphatic carbocycles. The summed E-state index contributed by atoms with van der Waals surface area (Å²) in [6, 6.07) is 4.99. The van der Waals surface area contributed by atoms with Gasteiger partial charge in [-0.1, -0.05) is 77.3 Å². The second-order valence-corrected chi connectivity index (χ2v) is 8.73. The number of hydrogen-bond donors (Lipinski definition) is 2. The number of methoxy groups -OCH3 is 2. The summed E-state index contributed by atoms with van der Waals surface area (Å²) in [4.78, 5) is 44.4. The number of carbonyl (C=O) groups is 4. The highest BCUT2D eigenvalue weighted by Gasteiger charge is 2.21. The van der Waals surface area contributed by atoms with Crippen LogP contribution in [0.2, 0.25) is 0 Å². The smallest absolute Gasteiger partial charge is 0.292 e. The standard InChI is InChI=1S/C17H25NO4.C10H14O.C4H9NO/c1-5-6-7-8-12(2)16(19)17(20)18-13-9-10-14(21-3)15(11-13)22-4;1-3-5-6-8-10(9-11)7-4-2;1-4(6)3-5-2/h9-12H,5-8H2,1-4H3,(H,18,20);4,6-9H,2-3,5H2,1H3;5H,3H2,1-2H3/b;8-6-,10-7+;. The summed E-state index contributed by atoms with van der Waals surface area (Å²) >= 11 is 0. The lowest BCUT2D eigenvalue weighted by Crippen LogP contribution is -2.28. The van der Waals surface area contributed by atoms with Crippen LogP contribution in [0.25, 0.3) is 0 Å². The molecule has 1 amide bonds. The molecule has 1 unspecified atom stereocenters. The number of unbranched alkanes of at least 4 members (excludes halogenated alkanes) is 3. The molecule has 1 rings (SSSR count). The Morgan fingerprint density at radius 1 is 1.05 bits per heavy atom. The van der Waals surface area contributed by atoms with Crippen LogP contribution in [0.5, 0.6) is 11.5 Å². The predicted octanol–water partition coefficient (Wildman–Crippen LogP) is 5.88. The van der Waals surface area contributed by atoms with Crippen molar-refractivity contribution in [2.45, 2.75) is 66.2 Å². The van der Waals surface area contributed by atoms with E-state index in [4.69, 9.17) is 9.47 Å². The highest BCUT2D eigenvalue weighted by Crippen LogP contribution is 2.29. The molecule has 0 saturated carbocycles. The van der Waals surface area contributed by atoms with Crippen LogP contribution >= 0.6 is 0 Å². The number of carbonyl (C=O) groups excluding carboxylic acids is 4. The maximum Gasteiger partial charge on any atom is 0.292 e. The largest absolute Gasteiger partial charge is 0.493 e. The molecule has 0 aliphatic rings. The van der Waals surface area contributed by atoms with Crippen LogP contribution in [0.3, 0.4) is 0 Å². The van der Waals surface area contributed by atoms with Gasteiger partial charge in [-0.25, -0.2) is 0 Å². The van der Waals surface area contributed by atoms with Crippen LogP contribution < -0.4 is 20.1 Å². The van der Waals surface area contributed by atoms with E-state index in [0.717, 1.165) is 44.8 Å². The first-order valence-corrected chi connectivity index (χ1v) is 13.3. The molecular formula is C31H48N2O6. The minimum Gasteiger partial charge on any atom is -0.493 e. The Morgan fingerprint density at radius 3 is 2.18 bits per heavy atom. The van der Waals surface area contributed by atoms with Crippen molar-refractivity contribution in [1.29, 1.82) is 0 Å². The number of rotatable bonds is 16. The average Bonchev–Trinajstić information content (AvgIpc) is 2.92. The first-order chi connectivity index (χ1) is 18.6. The normalized spacial score (nSPS) is 11.2. The Balaban J connectivity index is 0. The average molecular weight is 545 g/mol. The van der Waals surface area contributed by atoms with Crippen molar-refractivity contribution in [3.8, 4) is 11.5 Å². The number of ether oxygens (including phenoxy) is 2. The lowest BCUT2D eigenvalue weighted by Gasteiger charge is -2.12. The third kappa shape index (κ3) is 19.2. The zero-order valence-corrected chi connectivity index (χ0v) is 24.8. The third-order valence-corrected chi connectivity index (χ3v) is 5.19. The fraction of sp³-hybridized carbons (Fsp3) is 0.484. The van der Waals surface area contributed by atoms with Gasteiger partial charge < -0.3 is 20.1 Å². The molecule has 0 fully saturated rings. The van der Waals surface area contributed by atoms with Crippen LogP contribution in [-0.4, -0.2) is 51.6 Å². The number of allylic oxidation sites excluding steroid dienone is 5. The van der Waals surface area contributed by atoms with Gasteiger partial charge in [0.25, 0.3) is 5.91 Å². The molecule has 0 radical (unpaired) electrons. The monoisotopic (exact) mass is 544 g/mol. The van der Waals surface area contributed by atoms with E-state index in [1.807, 2.05) is 12.2 Å². The predicted molar refractivity (Wildman–Crippen MR) is 159 cm³/mol. The van der Waals surface area contributed by atoms with E-state index < -0.39 is 5.91 Å². The number of hydrogen-bond acceptors (Lipinski definition) is 7. The van der Waals surface area contributed by atoms with E-state index in [1.165, 1.54) is 14.2 Å². The maximum atomic E-state index is 12.1.